The zero-order valence-electron chi connectivity index (χ0n) is 14.4. The fourth-order valence-corrected chi connectivity index (χ4v) is 3.09. The number of ether oxygens (including phenoxy) is 3. The van der Waals surface area contributed by atoms with Gasteiger partial charge in [-0.25, -0.2) is 23.1 Å². The molecule has 2 aromatic carbocycles. The van der Waals surface area contributed by atoms with Gasteiger partial charge in [-0.1, -0.05) is 0 Å². The number of nitrogens with zero attached hydrogens (tertiary/aromatic N) is 2. The highest BCUT2D eigenvalue weighted by Gasteiger charge is 2.14. The zero-order valence-corrected chi connectivity index (χ0v) is 15.2. The van der Waals surface area contributed by atoms with Gasteiger partial charge in [-0.2, -0.15) is 0 Å². The fourth-order valence-electron chi connectivity index (χ4n) is 2.36. The first kappa shape index (κ1) is 17.9. The monoisotopic (exact) mass is 375 g/mol. The van der Waals surface area contributed by atoms with Crippen LogP contribution in [0.4, 0.5) is 0 Å². The predicted molar refractivity (Wildman–Crippen MR) is 95.4 cm³/mol. The summed E-state index contributed by atoms with van der Waals surface area (Å²) in [6.45, 7) is 0. The first-order valence-electron chi connectivity index (χ1n) is 7.56. The second-order valence-corrected chi connectivity index (χ2v) is 7.07. The summed E-state index contributed by atoms with van der Waals surface area (Å²) >= 11 is 0. The minimum absolute atomic E-state index is 0.145. The number of hydrogen-bond acceptors (Lipinski definition) is 7. The number of benzene rings is 2. The van der Waals surface area contributed by atoms with E-state index in [1.165, 1.54) is 32.6 Å². The van der Waals surface area contributed by atoms with Crippen LogP contribution in [0.15, 0.2) is 47.6 Å². The number of rotatable bonds is 6. The van der Waals surface area contributed by atoms with Gasteiger partial charge >= 0.3 is 0 Å². The average Bonchev–Trinajstić information content (AvgIpc) is 2.67. The standard InChI is InChI=1S/C17H17N3O5S/c1-18-26(21,22)12-6-4-11(5-7-12)25-17-13-8-15(23-2)16(24-3)9-14(13)19-10-20-17/h4-10,18H,1-3H3. The van der Waals surface area contributed by atoms with Crippen molar-refractivity contribution in [1.82, 2.24) is 14.7 Å². The maximum atomic E-state index is 11.8. The molecular weight excluding hydrogens is 358 g/mol. The van der Waals surface area contributed by atoms with Crippen LogP contribution in [0.3, 0.4) is 0 Å². The van der Waals surface area contributed by atoms with Gasteiger partial charge in [0.1, 0.15) is 12.1 Å². The Morgan fingerprint density at radius 1 is 0.962 bits per heavy atom. The van der Waals surface area contributed by atoms with E-state index < -0.39 is 10.0 Å². The molecule has 0 atom stereocenters. The van der Waals surface area contributed by atoms with Gasteiger partial charge in [-0.3, -0.25) is 0 Å². The molecule has 0 saturated carbocycles. The third-order valence-corrected chi connectivity index (χ3v) is 5.15. The number of aromatic nitrogens is 2. The van der Waals surface area contributed by atoms with Crippen LogP contribution in [-0.2, 0) is 10.0 Å². The Balaban J connectivity index is 1.98. The van der Waals surface area contributed by atoms with Crippen molar-refractivity contribution in [3.8, 4) is 23.1 Å². The summed E-state index contributed by atoms with van der Waals surface area (Å²) in [5.41, 5.74) is 0.627. The molecule has 26 heavy (non-hydrogen) atoms. The summed E-state index contributed by atoms with van der Waals surface area (Å²) in [5, 5.41) is 0.636. The summed E-state index contributed by atoms with van der Waals surface area (Å²) in [7, 11) is 0.936. The fraction of sp³-hybridized carbons (Fsp3) is 0.176. The maximum Gasteiger partial charge on any atom is 0.240 e. The molecule has 9 heteroatoms. The van der Waals surface area contributed by atoms with Gasteiger partial charge < -0.3 is 14.2 Å². The number of hydrogen-bond donors (Lipinski definition) is 1. The van der Waals surface area contributed by atoms with E-state index in [-0.39, 0.29) is 4.90 Å². The Morgan fingerprint density at radius 2 is 1.62 bits per heavy atom. The van der Waals surface area contributed by atoms with Gasteiger partial charge in [0.15, 0.2) is 11.5 Å². The average molecular weight is 375 g/mol. The molecule has 0 aliphatic heterocycles. The van der Waals surface area contributed by atoms with Crippen LogP contribution < -0.4 is 18.9 Å². The second-order valence-electron chi connectivity index (χ2n) is 5.18. The van der Waals surface area contributed by atoms with Crippen LogP contribution in [0.2, 0.25) is 0 Å². The van der Waals surface area contributed by atoms with Crippen LogP contribution in [0.5, 0.6) is 23.1 Å². The number of methoxy groups -OCH3 is 2. The largest absolute Gasteiger partial charge is 0.493 e. The second kappa shape index (κ2) is 7.14. The molecule has 0 aliphatic rings. The lowest BCUT2D eigenvalue weighted by molar-refractivity contribution is 0.355. The molecule has 0 aliphatic carbocycles. The van der Waals surface area contributed by atoms with E-state index in [0.717, 1.165) is 0 Å². The highest BCUT2D eigenvalue weighted by atomic mass is 32.2. The molecule has 1 aromatic heterocycles. The molecular formula is C17H17N3O5S. The molecule has 136 valence electrons. The summed E-state index contributed by atoms with van der Waals surface area (Å²) in [6, 6.07) is 9.47. The molecule has 0 spiro atoms. The number of sulfonamides is 1. The Labute approximate surface area is 150 Å². The van der Waals surface area contributed by atoms with Crippen molar-refractivity contribution in [1.29, 1.82) is 0 Å². The van der Waals surface area contributed by atoms with Crippen LogP contribution in [-0.4, -0.2) is 39.7 Å². The Morgan fingerprint density at radius 3 is 2.23 bits per heavy atom. The van der Waals surface area contributed by atoms with Gasteiger partial charge in [0, 0.05) is 6.07 Å². The SMILES string of the molecule is CNS(=O)(=O)c1ccc(Oc2ncnc3cc(OC)c(OC)cc23)cc1. The highest BCUT2D eigenvalue weighted by molar-refractivity contribution is 7.89. The highest BCUT2D eigenvalue weighted by Crippen LogP contribution is 2.35. The van der Waals surface area contributed by atoms with Crippen molar-refractivity contribution in [2.45, 2.75) is 4.90 Å². The minimum Gasteiger partial charge on any atom is -0.493 e. The van der Waals surface area contributed by atoms with E-state index >= 15 is 0 Å². The summed E-state index contributed by atoms with van der Waals surface area (Å²) in [4.78, 5) is 8.52. The van der Waals surface area contributed by atoms with Crippen molar-refractivity contribution in [2.75, 3.05) is 21.3 Å². The molecule has 8 nitrogen and oxygen atoms in total. The van der Waals surface area contributed by atoms with Gasteiger partial charge in [-0.05, 0) is 37.4 Å². The lowest BCUT2D eigenvalue weighted by Crippen LogP contribution is -2.18. The lowest BCUT2D eigenvalue weighted by Gasteiger charge is -2.11. The van der Waals surface area contributed by atoms with Crippen molar-refractivity contribution < 1.29 is 22.6 Å². The van der Waals surface area contributed by atoms with Crippen LogP contribution in [0.1, 0.15) is 0 Å². The first-order valence-corrected chi connectivity index (χ1v) is 9.05. The van der Waals surface area contributed by atoms with Crippen molar-refractivity contribution in [3.63, 3.8) is 0 Å². The Bertz CT molecular complexity index is 1040. The summed E-state index contributed by atoms with van der Waals surface area (Å²) < 4.78 is 42.2. The number of fused-ring (bicyclic) bond motifs is 1. The lowest BCUT2D eigenvalue weighted by atomic mass is 10.2. The quantitative estimate of drug-likeness (QED) is 0.706. The van der Waals surface area contributed by atoms with Crippen molar-refractivity contribution in [3.05, 3.63) is 42.7 Å². The third-order valence-electron chi connectivity index (χ3n) is 3.72. The van der Waals surface area contributed by atoms with E-state index in [0.29, 0.717) is 34.0 Å². The first-order chi connectivity index (χ1) is 12.5. The Kier molecular flexibility index (Phi) is 4.92. The maximum absolute atomic E-state index is 11.8. The van der Waals surface area contributed by atoms with Crippen LogP contribution in [0.25, 0.3) is 10.9 Å². The van der Waals surface area contributed by atoms with E-state index in [1.54, 1.807) is 31.4 Å². The molecule has 0 radical (unpaired) electrons. The van der Waals surface area contributed by atoms with E-state index in [2.05, 4.69) is 14.7 Å². The van der Waals surface area contributed by atoms with Crippen molar-refractivity contribution >= 4 is 20.9 Å². The topological polar surface area (TPSA) is 99.6 Å². The van der Waals surface area contributed by atoms with Crippen molar-refractivity contribution in [2.24, 2.45) is 0 Å². The molecule has 1 N–H and O–H groups in total. The van der Waals surface area contributed by atoms with Crippen LogP contribution in [0, 0.1) is 0 Å². The summed E-state index contributed by atoms with van der Waals surface area (Å²) in [5.74, 6) is 1.83. The molecule has 0 fully saturated rings. The molecule has 0 unspecified atom stereocenters. The third kappa shape index (κ3) is 3.39. The van der Waals surface area contributed by atoms with Gasteiger partial charge in [0.2, 0.25) is 15.9 Å². The predicted octanol–water partition coefficient (Wildman–Crippen LogP) is 2.35. The number of nitrogens with one attached hydrogen (secondary N) is 1. The van der Waals surface area contributed by atoms with E-state index in [1.807, 2.05) is 0 Å². The van der Waals surface area contributed by atoms with E-state index in [4.69, 9.17) is 14.2 Å². The Hall–Kier alpha value is -2.91. The molecule has 0 saturated heterocycles. The van der Waals surface area contributed by atoms with E-state index in [9.17, 15) is 8.42 Å². The molecule has 1 heterocycles. The molecule has 3 aromatic rings. The molecule has 0 bridgehead atoms. The summed E-state index contributed by atoms with van der Waals surface area (Å²) in [6.07, 6.45) is 1.38. The van der Waals surface area contributed by atoms with Crippen LogP contribution >= 0.6 is 0 Å². The normalized spacial score (nSPS) is 11.3. The smallest absolute Gasteiger partial charge is 0.240 e. The zero-order chi connectivity index (χ0) is 18.7. The van der Waals surface area contributed by atoms with Gasteiger partial charge in [0.25, 0.3) is 0 Å². The van der Waals surface area contributed by atoms with Gasteiger partial charge in [0.05, 0.1) is 30.0 Å². The molecule has 0 amide bonds. The minimum atomic E-state index is -3.50. The molecule has 3 rings (SSSR count). The van der Waals surface area contributed by atoms with Gasteiger partial charge in [-0.15, -0.1) is 0 Å².